The molecule has 3 amide bonds. The minimum atomic E-state index is -0.231. The highest BCUT2D eigenvalue weighted by Crippen LogP contribution is 2.04. The van der Waals surface area contributed by atoms with Crippen molar-refractivity contribution in [1.29, 1.82) is 0 Å². The fourth-order valence-corrected chi connectivity index (χ4v) is 1.73. The predicted molar refractivity (Wildman–Crippen MR) is 63.2 cm³/mol. The zero-order valence-corrected chi connectivity index (χ0v) is 9.84. The lowest BCUT2D eigenvalue weighted by Gasteiger charge is -2.11. The van der Waals surface area contributed by atoms with Gasteiger partial charge in [0.25, 0.3) is 0 Å². The van der Waals surface area contributed by atoms with Crippen molar-refractivity contribution in [3.05, 3.63) is 22.4 Å². The van der Waals surface area contributed by atoms with Gasteiger partial charge in [-0.1, -0.05) is 0 Å². The maximum atomic E-state index is 11.3. The van der Waals surface area contributed by atoms with Crippen LogP contribution in [-0.4, -0.2) is 25.0 Å². The first-order valence-corrected chi connectivity index (χ1v) is 5.89. The molecule has 1 aromatic heterocycles. The van der Waals surface area contributed by atoms with Gasteiger partial charge in [-0.05, 0) is 29.3 Å². The minimum Gasteiger partial charge on any atom is -0.354 e. The number of carbonyl (C=O) groups excluding carboxylic acids is 2. The average Bonchev–Trinajstić information content (AvgIpc) is 2.77. The van der Waals surface area contributed by atoms with Crippen molar-refractivity contribution in [2.24, 2.45) is 0 Å². The van der Waals surface area contributed by atoms with E-state index in [9.17, 15) is 9.59 Å². The number of thiophene rings is 1. The van der Waals surface area contributed by atoms with Crippen LogP contribution in [0.25, 0.3) is 0 Å². The van der Waals surface area contributed by atoms with Crippen molar-refractivity contribution >= 4 is 23.8 Å². The largest absolute Gasteiger partial charge is 0.354 e. The summed E-state index contributed by atoms with van der Waals surface area (Å²) in [6, 6.07) is 1.66. The third kappa shape index (κ3) is 4.79. The maximum Gasteiger partial charge on any atom is 0.315 e. The molecule has 0 bridgehead atoms. The predicted octanol–water partition coefficient (Wildman–Crippen LogP) is 0.682. The molecule has 1 heterocycles. The van der Waals surface area contributed by atoms with Gasteiger partial charge in [-0.15, -0.1) is 0 Å². The first-order valence-electron chi connectivity index (χ1n) is 4.95. The number of amides is 3. The van der Waals surface area contributed by atoms with Gasteiger partial charge < -0.3 is 16.0 Å². The normalized spacial score (nSPS) is 11.6. The Morgan fingerprint density at radius 2 is 2.38 bits per heavy atom. The van der Waals surface area contributed by atoms with Crippen molar-refractivity contribution in [3.63, 3.8) is 0 Å². The van der Waals surface area contributed by atoms with Crippen LogP contribution in [0.15, 0.2) is 16.8 Å². The lowest BCUT2D eigenvalue weighted by atomic mass is 10.3. The molecule has 0 aliphatic rings. The molecule has 0 aliphatic heterocycles. The number of hydrogen-bond donors (Lipinski definition) is 3. The van der Waals surface area contributed by atoms with E-state index in [0.29, 0.717) is 19.5 Å². The molecule has 5 nitrogen and oxygen atoms in total. The Hall–Kier alpha value is -1.56. The number of nitrogens with one attached hydrogen (secondary N) is 3. The highest BCUT2D eigenvalue weighted by molar-refractivity contribution is 7.07. The minimum absolute atomic E-state index is 0.0654. The molecule has 0 aromatic carbocycles. The molecule has 0 radical (unpaired) electrons. The van der Waals surface area contributed by atoms with Crippen molar-refractivity contribution in [3.8, 4) is 0 Å². The Kier molecular flexibility index (Phi) is 5.35. The fourth-order valence-electron chi connectivity index (χ4n) is 1.06. The Morgan fingerprint density at radius 3 is 3.00 bits per heavy atom. The lowest BCUT2D eigenvalue weighted by Crippen LogP contribution is -2.42. The summed E-state index contributed by atoms with van der Waals surface area (Å²) < 4.78 is 0. The van der Waals surface area contributed by atoms with E-state index < -0.39 is 0 Å². The number of hydrogen-bond acceptors (Lipinski definition) is 3. The number of rotatable bonds is 6. The van der Waals surface area contributed by atoms with Crippen molar-refractivity contribution in [2.75, 3.05) is 6.54 Å². The molecular weight excluding hydrogens is 226 g/mol. The third-order valence-electron chi connectivity index (χ3n) is 1.95. The van der Waals surface area contributed by atoms with Crippen LogP contribution in [0, 0.1) is 0 Å². The highest BCUT2D eigenvalue weighted by atomic mass is 32.1. The molecule has 1 atom stereocenters. The maximum absolute atomic E-state index is 11.3. The molecule has 0 fully saturated rings. The van der Waals surface area contributed by atoms with Crippen molar-refractivity contribution in [2.45, 2.75) is 19.5 Å². The van der Waals surface area contributed by atoms with Crippen LogP contribution in [0.3, 0.4) is 0 Å². The van der Waals surface area contributed by atoms with Crippen LogP contribution >= 0.6 is 11.3 Å². The van der Waals surface area contributed by atoms with Gasteiger partial charge >= 0.3 is 6.03 Å². The van der Waals surface area contributed by atoms with Crippen LogP contribution in [0.1, 0.15) is 12.5 Å². The summed E-state index contributed by atoms with van der Waals surface area (Å²) in [5, 5.41) is 11.9. The molecule has 16 heavy (non-hydrogen) atoms. The van der Waals surface area contributed by atoms with E-state index >= 15 is 0 Å². The van der Waals surface area contributed by atoms with Gasteiger partial charge in [0.05, 0.1) is 0 Å². The Balaban J connectivity index is 2.13. The fraction of sp³-hybridized carbons (Fsp3) is 0.400. The van der Waals surface area contributed by atoms with Gasteiger partial charge in [-0.3, -0.25) is 4.79 Å². The molecule has 1 unspecified atom stereocenters. The Labute approximate surface area is 98.2 Å². The summed E-state index contributed by atoms with van der Waals surface area (Å²) in [5.41, 5.74) is 1.08. The molecule has 0 saturated heterocycles. The van der Waals surface area contributed by atoms with E-state index in [1.165, 1.54) is 0 Å². The first kappa shape index (κ1) is 12.5. The summed E-state index contributed by atoms with van der Waals surface area (Å²) in [7, 11) is 0. The van der Waals surface area contributed by atoms with E-state index in [1.807, 2.05) is 23.8 Å². The molecule has 1 rings (SSSR count). The summed E-state index contributed by atoms with van der Waals surface area (Å²) in [6.07, 6.45) is 0.621. The first-order chi connectivity index (χ1) is 7.72. The molecule has 1 aromatic rings. The van der Waals surface area contributed by atoms with Crippen molar-refractivity contribution in [1.82, 2.24) is 16.0 Å². The zero-order valence-electron chi connectivity index (χ0n) is 9.03. The second-order valence-corrected chi connectivity index (χ2v) is 4.16. The second-order valence-electron chi connectivity index (χ2n) is 3.38. The van der Waals surface area contributed by atoms with Crippen molar-refractivity contribution < 1.29 is 9.59 Å². The summed E-state index contributed by atoms with van der Waals surface area (Å²) >= 11 is 1.60. The zero-order chi connectivity index (χ0) is 11.8. The van der Waals surface area contributed by atoms with Crippen LogP contribution in [-0.2, 0) is 11.3 Å². The topological polar surface area (TPSA) is 70.2 Å². The van der Waals surface area contributed by atoms with Gasteiger partial charge in [0.15, 0.2) is 0 Å². The van der Waals surface area contributed by atoms with Gasteiger partial charge in [-0.25, -0.2) is 4.79 Å². The molecule has 0 spiro atoms. The monoisotopic (exact) mass is 241 g/mol. The molecule has 0 saturated carbocycles. The Bertz CT molecular complexity index is 327. The van der Waals surface area contributed by atoms with Crippen LogP contribution in [0.5, 0.6) is 0 Å². The summed E-state index contributed by atoms with van der Waals surface area (Å²) in [5.74, 6) is 0. The van der Waals surface area contributed by atoms with E-state index in [4.69, 9.17) is 0 Å². The number of carbonyl (C=O) groups is 2. The van der Waals surface area contributed by atoms with Crippen LogP contribution in [0.4, 0.5) is 4.79 Å². The van der Waals surface area contributed by atoms with Crippen LogP contribution < -0.4 is 16.0 Å². The quantitative estimate of drug-likeness (QED) is 0.641. The Morgan fingerprint density at radius 1 is 1.56 bits per heavy atom. The van der Waals surface area contributed by atoms with E-state index in [1.54, 1.807) is 11.3 Å². The molecule has 3 N–H and O–H groups in total. The SMILES string of the molecule is CC(CNC(=O)NCc1ccsc1)NC=O. The van der Waals surface area contributed by atoms with E-state index in [-0.39, 0.29) is 12.1 Å². The van der Waals surface area contributed by atoms with Gasteiger partial charge in [0.1, 0.15) is 0 Å². The molecule has 0 aliphatic carbocycles. The number of urea groups is 1. The highest BCUT2D eigenvalue weighted by Gasteiger charge is 2.03. The standard InChI is InChI=1S/C10H15N3O2S/c1-8(13-7-14)4-11-10(15)12-5-9-2-3-16-6-9/h2-3,6-8H,4-5H2,1H3,(H,13,14)(H2,11,12,15). The molecular formula is C10H15N3O2S. The van der Waals surface area contributed by atoms with E-state index in [2.05, 4.69) is 16.0 Å². The van der Waals surface area contributed by atoms with Gasteiger partial charge in [-0.2, -0.15) is 11.3 Å². The lowest BCUT2D eigenvalue weighted by molar-refractivity contribution is -0.110. The average molecular weight is 241 g/mol. The second kappa shape index (κ2) is 6.84. The molecule has 6 heteroatoms. The van der Waals surface area contributed by atoms with E-state index in [0.717, 1.165) is 5.56 Å². The summed E-state index contributed by atoms with van der Waals surface area (Å²) in [4.78, 5) is 21.4. The van der Waals surface area contributed by atoms with Crippen LogP contribution in [0.2, 0.25) is 0 Å². The smallest absolute Gasteiger partial charge is 0.315 e. The third-order valence-corrected chi connectivity index (χ3v) is 2.69. The summed E-state index contributed by atoms with van der Waals surface area (Å²) in [6.45, 7) is 2.74. The van der Waals surface area contributed by atoms with Gasteiger partial charge in [0, 0.05) is 19.1 Å². The molecule has 88 valence electrons. The van der Waals surface area contributed by atoms with Gasteiger partial charge in [0.2, 0.25) is 6.41 Å².